The molecule has 1 N–H and O–H groups in total. The molecule has 3 aromatic rings. The molecule has 0 aliphatic heterocycles. The number of rotatable bonds is 4. The van der Waals surface area contributed by atoms with Crippen LogP contribution in [0, 0.1) is 6.92 Å². The molecule has 0 saturated carbocycles. The summed E-state index contributed by atoms with van der Waals surface area (Å²) < 4.78 is 1.68. The number of carbonyl (C=O) groups is 1. The molecule has 1 aromatic heterocycles. The number of amides is 1. The highest BCUT2D eigenvalue weighted by Crippen LogP contribution is 2.26. The molecule has 0 saturated heterocycles. The van der Waals surface area contributed by atoms with E-state index >= 15 is 0 Å². The topological polar surface area (TPSA) is 59.8 Å². The molecular formula is C17H14Cl2N4O. The molecule has 0 radical (unpaired) electrons. The second-order valence-corrected chi connectivity index (χ2v) is 6.09. The van der Waals surface area contributed by atoms with E-state index in [9.17, 15) is 4.79 Å². The Morgan fingerprint density at radius 3 is 2.67 bits per heavy atom. The first-order chi connectivity index (χ1) is 11.5. The molecule has 0 aliphatic carbocycles. The van der Waals surface area contributed by atoms with Crippen molar-refractivity contribution in [2.45, 2.75) is 13.5 Å². The summed E-state index contributed by atoms with van der Waals surface area (Å²) in [6, 6.07) is 14.7. The third kappa shape index (κ3) is 3.58. The molecule has 1 heterocycles. The van der Waals surface area contributed by atoms with Gasteiger partial charge in [-0.1, -0.05) is 58.7 Å². The quantitative estimate of drug-likeness (QED) is 0.758. The van der Waals surface area contributed by atoms with Crippen molar-refractivity contribution in [2.24, 2.45) is 0 Å². The summed E-state index contributed by atoms with van der Waals surface area (Å²) in [6.07, 6.45) is 0. The fraction of sp³-hybridized carbons (Fsp3) is 0.118. The zero-order valence-corrected chi connectivity index (χ0v) is 14.3. The van der Waals surface area contributed by atoms with Crippen LogP contribution in [0.15, 0.2) is 48.5 Å². The summed E-state index contributed by atoms with van der Waals surface area (Å²) in [5, 5.41) is 11.6. The number of nitrogens with zero attached hydrogens (tertiary/aromatic N) is 3. The van der Waals surface area contributed by atoms with E-state index in [1.54, 1.807) is 29.8 Å². The average molecular weight is 361 g/mol. The first-order valence-electron chi connectivity index (χ1n) is 7.25. The van der Waals surface area contributed by atoms with E-state index in [2.05, 4.69) is 15.6 Å². The van der Waals surface area contributed by atoms with Gasteiger partial charge in [0.1, 0.15) is 0 Å². The van der Waals surface area contributed by atoms with Crippen molar-refractivity contribution in [3.63, 3.8) is 0 Å². The molecule has 24 heavy (non-hydrogen) atoms. The average Bonchev–Trinajstić information content (AvgIpc) is 2.93. The zero-order valence-electron chi connectivity index (χ0n) is 12.8. The summed E-state index contributed by atoms with van der Waals surface area (Å²) in [5.41, 5.74) is 2.44. The van der Waals surface area contributed by atoms with Gasteiger partial charge in [-0.05, 0) is 30.7 Å². The summed E-state index contributed by atoms with van der Waals surface area (Å²) in [5.74, 6) is -0.379. The maximum Gasteiger partial charge on any atom is 0.278 e. The second kappa shape index (κ2) is 7.03. The molecule has 0 spiro atoms. The van der Waals surface area contributed by atoms with Crippen molar-refractivity contribution in [1.29, 1.82) is 0 Å². The van der Waals surface area contributed by atoms with Gasteiger partial charge in [-0.3, -0.25) is 4.79 Å². The van der Waals surface area contributed by atoms with Crippen molar-refractivity contribution in [3.05, 3.63) is 75.5 Å². The molecule has 7 heteroatoms. The standard InChI is InChI=1S/C17H14Cl2N4O/c1-11-16(17(24)20-15-9-13(18)7-8-14(15)19)21-22-23(11)10-12-5-3-2-4-6-12/h2-9H,10H2,1H3,(H,20,24). The van der Waals surface area contributed by atoms with Crippen molar-refractivity contribution in [1.82, 2.24) is 15.0 Å². The van der Waals surface area contributed by atoms with Gasteiger partial charge in [-0.25, -0.2) is 4.68 Å². The van der Waals surface area contributed by atoms with Crippen LogP contribution in [0.1, 0.15) is 21.7 Å². The Kier molecular flexibility index (Phi) is 4.83. The first-order valence-corrected chi connectivity index (χ1v) is 8.00. The third-order valence-electron chi connectivity index (χ3n) is 3.55. The van der Waals surface area contributed by atoms with Crippen LogP contribution in [-0.4, -0.2) is 20.9 Å². The molecule has 3 rings (SSSR count). The van der Waals surface area contributed by atoms with E-state index in [1.807, 2.05) is 30.3 Å². The summed E-state index contributed by atoms with van der Waals surface area (Å²) in [4.78, 5) is 12.4. The number of aromatic nitrogens is 3. The first kappa shape index (κ1) is 16.5. The van der Waals surface area contributed by atoms with E-state index in [1.165, 1.54) is 0 Å². The minimum Gasteiger partial charge on any atom is -0.319 e. The number of hydrogen-bond donors (Lipinski definition) is 1. The summed E-state index contributed by atoms with van der Waals surface area (Å²) in [6.45, 7) is 2.35. The van der Waals surface area contributed by atoms with E-state index < -0.39 is 0 Å². The largest absolute Gasteiger partial charge is 0.319 e. The minimum absolute atomic E-state index is 0.252. The lowest BCUT2D eigenvalue weighted by Crippen LogP contribution is -2.14. The van der Waals surface area contributed by atoms with E-state index in [-0.39, 0.29) is 11.6 Å². The second-order valence-electron chi connectivity index (χ2n) is 5.24. The van der Waals surface area contributed by atoms with E-state index in [0.29, 0.717) is 28.0 Å². The summed E-state index contributed by atoms with van der Waals surface area (Å²) >= 11 is 12.0. The lowest BCUT2D eigenvalue weighted by Gasteiger charge is -2.07. The van der Waals surface area contributed by atoms with Crippen molar-refractivity contribution in [3.8, 4) is 0 Å². The van der Waals surface area contributed by atoms with Crippen LogP contribution in [0.25, 0.3) is 0 Å². The predicted octanol–water partition coefficient (Wildman–Crippen LogP) is 4.19. The highest BCUT2D eigenvalue weighted by molar-refractivity contribution is 6.35. The highest BCUT2D eigenvalue weighted by atomic mass is 35.5. The van der Waals surface area contributed by atoms with Crippen LogP contribution >= 0.6 is 23.2 Å². The lowest BCUT2D eigenvalue weighted by atomic mass is 10.2. The molecule has 2 aromatic carbocycles. The minimum atomic E-state index is -0.379. The molecule has 0 atom stereocenters. The van der Waals surface area contributed by atoms with Crippen LogP contribution in [0.3, 0.4) is 0 Å². The predicted molar refractivity (Wildman–Crippen MR) is 94.7 cm³/mol. The van der Waals surface area contributed by atoms with Crippen LogP contribution < -0.4 is 5.32 Å². The van der Waals surface area contributed by atoms with E-state index in [0.717, 1.165) is 5.56 Å². The highest BCUT2D eigenvalue weighted by Gasteiger charge is 2.17. The number of hydrogen-bond acceptors (Lipinski definition) is 3. The number of carbonyl (C=O) groups excluding carboxylic acids is 1. The fourth-order valence-corrected chi connectivity index (χ4v) is 2.59. The molecule has 5 nitrogen and oxygen atoms in total. The van der Waals surface area contributed by atoms with Crippen LogP contribution in [0.5, 0.6) is 0 Å². The zero-order chi connectivity index (χ0) is 17.1. The molecule has 0 fully saturated rings. The Hall–Kier alpha value is -2.37. The number of nitrogens with one attached hydrogen (secondary N) is 1. The Bertz CT molecular complexity index is 878. The van der Waals surface area contributed by atoms with Gasteiger partial charge < -0.3 is 5.32 Å². The Morgan fingerprint density at radius 1 is 1.17 bits per heavy atom. The Labute approximate surface area is 149 Å². The van der Waals surface area contributed by atoms with Crippen LogP contribution in [0.2, 0.25) is 10.0 Å². The molecule has 122 valence electrons. The van der Waals surface area contributed by atoms with Gasteiger partial charge in [0.05, 0.1) is 22.9 Å². The normalized spacial score (nSPS) is 10.6. The molecule has 0 bridgehead atoms. The molecule has 0 unspecified atom stereocenters. The monoisotopic (exact) mass is 360 g/mol. The maximum absolute atomic E-state index is 12.4. The van der Waals surface area contributed by atoms with Crippen molar-refractivity contribution >= 4 is 34.8 Å². The van der Waals surface area contributed by atoms with Crippen molar-refractivity contribution < 1.29 is 4.79 Å². The number of benzene rings is 2. The van der Waals surface area contributed by atoms with Gasteiger partial charge in [-0.2, -0.15) is 0 Å². The fourth-order valence-electron chi connectivity index (χ4n) is 2.25. The number of halogens is 2. The maximum atomic E-state index is 12.4. The smallest absolute Gasteiger partial charge is 0.278 e. The molecule has 1 amide bonds. The van der Waals surface area contributed by atoms with Crippen LogP contribution in [-0.2, 0) is 6.54 Å². The van der Waals surface area contributed by atoms with Gasteiger partial charge in [0, 0.05) is 5.02 Å². The van der Waals surface area contributed by atoms with Gasteiger partial charge in [0.2, 0.25) is 0 Å². The van der Waals surface area contributed by atoms with Crippen molar-refractivity contribution in [2.75, 3.05) is 5.32 Å². The SMILES string of the molecule is Cc1c(C(=O)Nc2cc(Cl)ccc2Cl)nnn1Cc1ccccc1. The molecule has 0 aliphatic rings. The number of anilines is 1. The van der Waals surface area contributed by atoms with Gasteiger partial charge in [-0.15, -0.1) is 5.10 Å². The van der Waals surface area contributed by atoms with Gasteiger partial charge in [0.15, 0.2) is 5.69 Å². The Morgan fingerprint density at radius 2 is 1.92 bits per heavy atom. The lowest BCUT2D eigenvalue weighted by molar-refractivity contribution is 0.102. The summed E-state index contributed by atoms with van der Waals surface area (Å²) in [7, 11) is 0. The van der Waals surface area contributed by atoms with Gasteiger partial charge in [0.25, 0.3) is 5.91 Å². The van der Waals surface area contributed by atoms with Crippen LogP contribution in [0.4, 0.5) is 5.69 Å². The van der Waals surface area contributed by atoms with E-state index in [4.69, 9.17) is 23.2 Å². The molecular weight excluding hydrogens is 347 g/mol. The third-order valence-corrected chi connectivity index (χ3v) is 4.11. The van der Waals surface area contributed by atoms with Gasteiger partial charge >= 0.3 is 0 Å². The Balaban J connectivity index is 1.80.